The molecular weight excluding hydrogens is 272 g/mol. The minimum Gasteiger partial charge on any atom is -0.381 e. The molecule has 0 bridgehead atoms. The number of rotatable bonds is 8. The number of para-hydroxylation sites is 2. The van der Waals surface area contributed by atoms with Gasteiger partial charge in [0.25, 0.3) is 0 Å². The van der Waals surface area contributed by atoms with Crippen LogP contribution in [0.4, 0.5) is 0 Å². The molecule has 1 aliphatic carbocycles. The van der Waals surface area contributed by atoms with Crippen molar-refractivity contribution >= 4 is 22.6 Å². The SMILES string of the molecule is ClCCc1nc2ccccc2n1CCCOCC1CC1. The quantitative estimate of drug-likeness (QED) is 0.549. The maximum Gasteiger partial charge on any atom is 0.111 e. The Morgan fingerprint density at radius 2 is 2.15 bits per heavy atom. The van der Waals surface area contributed by atoms with E-state index in [9.17, 15) is 0 Å². The maximum absolute atomic E-state index is 5.88. The van der Waals surface area contributed by atoms with E-state index in [4.69, 9.17) is 16.3 Å². The van der Waals surface area contributed by atoms with Crippen molar-refractivity contribution in [3.8, 4) is 0 Å². The van der Waals surface area contributed by atoms with Crippen LogP contribution in [0.3, 0.4) is 0 Å². The Kier molecular flexibility index (Phi) is 4.58. The second-order valence-electron chi connectivity index (χ2n) is 5.48. The van der Waals surface area contributed by atoms with Crippen molar-refractivity contribution in [2.75, 3.05) is 19.1 Å². The summed E-state index contributed by atoms with van der Waals surface area (Å²) in [6.07, 6.45) is 4.56. The number of imidazole rings is 1. The first-order chi connectivity index (χ1) is 9.88. The second kappa shape index (κ2) is 6.59. The minimum atomic E-state index is 0.613. The average Bonchev–Trinajstić information content (AvgIpc) is 3.22. The van der Waals surface area contributed by atoms with Gasteiger partial charge in [-0.2, -0.15) is 0 Å². The van der Waals surface area contributed by atoms with E-state index in [0.717, 1.165) is 49.9 Å². The van der Waals surface area contributed by atoms with Gasteiger partial charge in [0.05, 0.1) is 11.0 Å². The fourth-order valence-electron chi connectivity index (χ4n) is 2.51. The Bertz CT molecular complexity index is 563. The summed E-state index contributed by atoms with van der Waals surface area (Å²) in [5.41, 5.74) is 2.27. The zero-order valence-electron chi connectivity index (χ0n) is 11.7. The first-order valence-corrected chi connectivity index (χ1v) is 8.00. The predicted molar refractivity (Wildman–Crippen MR) is 82.3 cm³/mol. The largest absolute Gasteiger partial charge is 0.381 e. The van der Waals surface area contributed by atoms with Crippen LogP contribution in [0, 0.1) is 5.92 Å². The first-order valence-electron chi connectivity index (χ1n) is 7.46. The molecule has 3 nitrogen and oxygen atoms in total. The van der Waals surface area contributed by atoms with E-state index in [2.05, 4.69) is 27.8 Å². The standard InChI is InChI=1S/C16H21ClN2O/c17-9-8-16-18-14-4-1-2-5-15(14)19(16)10-3-11-20-12-13-6-7-13/h1-2,4-5,13H,3,6-12H2. The number of ether oxygens (including phenoxy) is 1. The van der Waals surface area contributed by atoms with Crippen LogP contribution >= 0.6 is 11.6 Å². The molecule has 2 aromatic rings. The van der Waals surface area contributed by atoms with Crippen LogP contribution in [-0.4, -0.2) is 28.6 Å². The maximum atomic E-state index is 5.88. The van der Waals surface area contributed by atoms with Gasteiger partial charge in [0.2, 0.25) is 0 Å². The third-order valence-electron chi connectivity index (χ3n) is 3.77. The van der Waals surface area contributed by atoms with E-state index < -0.39 is 0 Å². The lowest BCUT2D eigenvalue weighted by Gasteiger charge is -2.09. The van der Waals surface area contributed by atoms with Crippen molar-refractivity contribution in [1.29, 1.82) is 0 Å². The summed E-state index contributed by atoms with van der Waals surface area (Å²) < 4.78 is 8.00. The molecule has 0 spiro atoms. The predicted octanol–water partition coefficient (Wildman–Crippen LogP) is 3.63. The van der Waals surface area contributed by atoms with E-state index in [0.29, 0.717) is 5.88 Å². The van der Waals surface area contributed by atoms with Gasteiger partial charge < -0.3 is 9.30 Å². The van der Waals surface area contributed by atoms with Crippen LogP contribution < -0.4 is 0 Å². The lowest BCUT2D eigenvalue weighted by Crippen LogP contribution is -2.08. The van der Waals surface area contributed by atoms with Crippen LogP contribution in [0.25, 0.3) is 11.0 Å². The van der Waals surface area contributed by atoms with Crippen LogP contribution in [0.2, 0.25) is 0 Å². The number of hydrogen-bond acceptors (Lipinski definition) is 2. The van der Waals surface area contributed by atoms with E-state index in [1.807, 2.05) is 6.07 Å². The lowest BCUT2D eigenvalue weighted by molar-refractivity contribution is 0.119. The van der Waals surface area contributed by atoms with Crippen molar-refractivity contribution < 1.29 is 4.74 Å². The summed E-state index contributed by atoms with van der Waals surface area (Å²) in [5.74, 6) is 2.54. The number of hydrogen-bond donors (Lipinski definition) is 0. The molecule has 1 aliphatic rings. The van der Waals surface area contributed by atoms with Crippen molar-refractivity contribution in [3.63, 3.8) is 0 Å². The van der Waals surface area contributed by atoms with Crippen molar-refractivity contribution in [3.05, 3.63) is 30.1 Å². The van der Waals surface area contributed by atoms with Gasteiger partial charge in [-0.15, -0.1) is 11.6 Å². The minimum absolute atomic E-state index is 0.613. The van der Waals surface area contributed by atoms with Gasteiger partial charge in [-0.1, -0.05) is 12.1 Å². The van der Waals surface area contributed by atoms with Gasteiger partial charge in [0, 0.05) is 32.1 Å². The van der Waals surface area contributed by atoms with Crippen LogP contribution in [0.1, 0.15) is 25.1 Å². The van der Waals surface area contributed by atoms with Crippen LogP contribution in [0.15, 0.2) is 24.3 Å². The molecule has 4 heteroatoms. The van der Waals surface area contributed by atoms with Crippen molar-refractivity contribution in [1.82, 2.24) is 9.55 Å². The molecule has 0 unspecified atom stereocenters. The molecule has 0 radical (unpaired) electrons. The molecule has 1 saturated carbocycles. The molecule has 20 heavy (non-hydrogen) atoms. The van der Waals surface area contributed by atoms with E-state index in [-0.39, 0.29) is 0 Å². The van der Waals surface area contributed by atoms with Gasteiger partial charge in [-0.05, 0) is 37.3 Å². The number of aromatic nitrogens is 2. The number of benzene rings is 1. The molecule has 0 atom stereocenters. The normalized spacial score (nSPS) is 15.1. The molecule has 1 heterocycles. The van der Waals surface area contributed by atoms with Gasteiger partial charge in [-0.25, -0.2) is 4.98 Å². The highest BCUT2D eigenvalue weighted by atomic mass is 35.5. The van der Waals surface area contributed by atoms with Crippen molar-refractivity contribution in [2.45, 2.75) is 32.2 Å². The second-order valence-corrected chi connectivity index (χ2v) is 5.86. The summed E-state index contributed by atoms with van der Waals surface area (Å²) in [5, 5.41) is 0. The molecule has 0 saturated heterocycles. The number of aryl methyl sites for hydroxylation is 2. The van der Waals surface area contributed by atoms with E-state index >= 15 is 0 Å². The number of halogens is 1. The fraction of sp³-hybridized carbons (Fsp3) is 0.562. The molecule has 0 N–H and O–H groups in total. The number of alkyl halides is 1. The number of fused-ring (bicyclic) bond motifs is 1. The summed E-state index contributed by atoms with van der Waals surface area (Å²) >= 11 is 5.88. The lowest BCUT2D eigenvalue weighted by atomic mass is 10.3. The zero-order valence-corrected chi connectivity index (χ0v) is 12.5. The fourth-order valence-corrected chi connectivity index (χ4v) is 2.68. The van der Waals surface area contributed by atoms with Gasteiger partial charge in [0.15, 0.2) is 0 Å². The summed E-state index contributed by atoms with van der Waals surface area (Å²) in [7, 11) is 0. The molecule has 1 fully saturated rings. The van der Waals surface area contributed by atoms with Crippen LogP contribution in [0.5, 0.6) is 0 Å². The topological polar surface area (TPSA) is 27.1 Å². The van der Waals surface area contributed by atoms with Crippen molar-refractivity contribution in [2.24, 2.45) is 5.92 Å². The summed E-state index contributed by atoms with van der Waals surface area (Å²) in [4.78, 5) is 4.68. The Balaban J connectivity index is 1.63. The molecule has 3 rings (SSSR count). The Hall–Kier alpha value is -1.06. The third-order valence-corrected chi connectivity index (χ3v) is 3.96. The Labute approximate surface area is 124 Å². The van der Waals surface area contributed by atoms with Gasteiger partial charge in [-0.3, -0.25) is 0 Å². The molecular formula is C16H21ClN2O. The number of nitrogens with zero attached hydrogens (tertiary/aromatic N) is 2. The molecule has 0 amide bonds. The summed E-state index contributed by atoms with van der Waals surface area (Å²) in [6, 6.07) is 8.29. The van der Waals surface area contributed by atoms with Gasteiger partial charge in [0.1, 0.15) is 5.82 Å². The Morgan fingerprint density at radius 1 is 1.30 bits per heavy atom. The van der Waals surface area contributed by atoms with E-state index in [1.54, 1.807) is 0 Å². The highest BCUT2D eigenvalue weighted by molar-refractivity contribution is 6.17. The highest BCUT2D eigenvalue weighted by Crippen LogP contribution is 2.28. The zero-order chi connectivity index (χ0) is 13.8. The summed E-state index contributed by atoms with van der Waals surface area (Å²) in [6.45, 7) is 2.74. The molecule has 0 aliphatic heterocycles. The highest BCUT2D eigenvalue weighted by Gasteiger charge is 2.20. The van der Waals surface area contributed by atoms with E-state index in [1.165, 1.54) is 18.4 Å². The van der Waals surface area contributed by atoms with Gasteiger partial charge >= 0.3 is 0 Å². The monoisotopic (exact) mass is 292 g/mol. The third kappa shape index (κ3) is 3.33. The smallest absolute Gasteiger partial charge is 0.111 e. The Morgan fingerprint density at radius 3 is 2.95 bits per heavy atom. The molecule has 1 aromatic heterocycles. The average molecular weight is 293 g/mol. The molecule has 108 valence electrons. The van der Waals surface area contributed by atoms with Crippen LogP contribution in [-0.2, 0) is 17.7 Å². The first kappa shape index (κ1) is 13.9. The molecule has 1 aromatic carbocycles.